The van der Waals surface area contributed by atoms with Gasteiger partial charge in [0, 0.05) is 54.8 Å². The molecule has 4 N–H and O–H groups in total. The standard InChI is InChI=1S/C35H32FN5O3/c36-27-8-5-22(6-9-27)30-17-25(21-1-3-23(4-2-21)35(43)41-13-11-38-12-14-41)15-26-16-28(44-33(26)30)20-40-34(42)31-18-29(31)24-7-10-32(37)39-19-24/h1-10,15-17,19,29,31,38H,11-14,18,20H2,(H2,37,39)(H,40,42)/t29-,31+/m0/s1. The average molecular weight is 590 g/mol. The summed E-state index contributed by atoms with van der Waals surface area (Å²) in [5.41, 5.74) is 11.5. The van der Waals surface area contributed by atoms with Gasteiger partial charge in [0.05, 0.1) is 6.54 Å². The first-order chi connectivity index (χ1) is 21.4. The van der Waals surface area contributed by atoms with Gasteiger partial charge in [0.2, 0.25) is 5.91 Å². The number of pyridine rings is 1. The van der Waals surface area contributed by atoms with E-state index in [9.17, 15) is 14.0 Å². The summed E-state index contributed by atoms with van der Waals surface area (Å²) in [6.07, 6.45) is 2.51. The quantitative estimate of drug-likeness (QED) is 0.236. The van der Waals surface area contributed by atoms with Crippen molar-refractivity contribution in [2.24, 2.45) is 5.92 Å². The molecule has 222 valence electrons. The average Bonchev–Trinajstić information content (AvgIpc) is 3.75. The summed E-state index contributed by atoms with van der Waals surface area (Å²) >= 11 is 0. The minimum atomic E-state index is -0.318. The van der Waals surface area contributed by atoms with Crippen molar-refractivity contribution >= 4 is 28.6 Å². The number of amides is 2. The van der Waals surface area contributed by atoms with Crippen LogP contribution in [-0.4, -0.2) is 47.9 Å². The number of carbonyl (C=O) groups excluding carboxylic acids is 2. The maximum absolute atomic E-state index is 13.8. The summed E-state index contributed by atoms with van der Waals surface area (Å²) in [6, 6.07) is 23.6. The van der Waals surface area contributed by atoms with Gasteiger partial charge in [-0.3, -0.25) is 9.59 Å². The van der Waals surface area contributed by atoms with Gasteiger partial charge in [-0.05, 0) is 83.1 Å². The first-order valence-electron chi connectivity index (χ1n) is 14.8. The molecule has 1 aliphatic carbocycles. The highest BCUT2D eigenvalue weighted by Crippen LogP contribution is 2.47. The molecule has 2 aromatic heterocycles. The Balaban J connectivity index is 1.13. The second-order valence-corrected chi connectivity index (χ2v) is 11.5. The molecule has 0 bridgehead atoms. The third-order valence-corrected chi connectivity index (χ3v) is 8.49. The molecule has 3 aromatic carbocycles. The van der Waals surface area contributed by atoms with E-state index in [1.807, 2.05) is 53.4 Å². The Hall–Kier alpha value is -5.02. The number of nitrogens with one attached hydrogen (secondary N) is 2. The van der Waals surface area contributed by atoms with Gasteiger partial charge in [0.15, 0.2) is 0 Å². The molecule has 1 aliphatic heterocycles. The molecule has 8 nitrogen and oxygen atoms in total. The SMILES string of the molecule is Nc1ccc([C@@H]2C[C@H]2C(=O)NCc2cc3cc(-c4ccc(C(=O)N5CCNCC5)cc4)cc(-c4ccc(F)cc4)c3o2)cn1. The number of carbonyl (C=O) groups is 2. The number of piperazine rings is 1. The lowest BCUT2D eigenvalue weighted by atomic mass is 9.96. The molecule has 3 heterocycles. The van der Waals surface area contributed by atoms with Gasteiger partial charge in [0.25, 0.3) is 5.91 Å². The van der Waals surface area contributed by atoms with Crippen molar-refractivity contribution in [1.29, 1.82) is 0 Å². The van der Waals surface area contributed by atoms with Crippen molar-refractivity contribution in [2.45, 2.75) is 18.9 Å². The second-order valence-electron chi connectivity index (χ2n) is 11.5. The number of aromatic nitrogens is 1. The number of halogens is 1. The smallest absolute Gasteiger partial charge is 0.253 e. The van der Waals surface area contributed by atoms with E-state index in [0.717, 1.165) is 52.7 Å². The fourth-order valence-electron chi connectivity index (χ4n) is 5.95. The summed E-state index contributed by atoms with van der Waals surface area (Å²) in [6.45, 7) is 3.24. The number of anilines is 1. The van der Waals surface area contributed by atoms with Crippen LogP contribution in [0.3, 0.4) is 0 Å². The van der Waals surface area contributed by atoms with E-state index >= 15 is 0 Å². The Labute approximate surface area is 254 Å². The van der Waals surface area contributed by atoms with Gasteiger partial charge in [-0.1, -0.05) is 30.3 Å². The fourth-order valence-corrected chi connectivity index (χ4v) is 5.95. The lowest BCUT2D eigenvalue weighted by molar-refractivity contribution is -0.122. The summed E-state index contributed by atoms with van der Waals surface area (Å²) in [5, 5.41) is 7.16. The van der Waals surface area contributed by atoms with Crippen molar-refractivity contribution in [3.8, 4) is 22.3 Å². The molecule has 2 atom stereocenters. The van der Waals surface area contributed by atoms with Crippen LogP contribution in [0.15, 0.2) is 89.5 Å². The number of nitrogen functional groups attached to an aromatic ring is 1. The zero-order chi connectivity index (χ0) is 30.2. The van der Waals surface area contributed by atoms with Crippen molar-refractivity contribution in [3.63, 3.8) is 0 Å². The van der Waals surface area contributed by atoms with E-state index in [2.05, 4.69) is 15.6 Å². The second kappa shape index (κ2) is 11.6. The molecular weight excluding hydrogens is 557 g/mol. The number of furan rings is 1. The summed E-state index contributed by atoms with van der Waals surface area (Å²) < 4.78 is 20.1. The molecular formula is C35H32FN5O3. The van der Waals surface area contributed by atoms with E-state index < -0.39 is 0 Å². The van der Waals surface area contributed by atoms with Gasteiger partial charge in [-0.25, -0.2) is 9.37 Å². The number of rotatable bonds is 7. The minimum Gasteiger partial charge on any atom is -0.459 e. The molecule has 0 unspecified atom stereocenters. The first kappa shape index (κ1) is 27.8. The normalized spacial score (nSPS) is 17.9. The Bertz CT molecular complexity index is 1830. The molecule has 9 heteroatoms. The number of nitrogens with zero attached hydrogens (tertiary/aromatic N) is 2. The molecule has 2 fully saturated rings. The monoisotopic (exact) mass is 589 g/mol. The van der Waals surface area contributed by atoms with E-state index in [1.165, 1.54) is 12.1 Å². The zero-order valence-corrected chi connectivity index (χ0v) is 24.1. The molecule has 44 heavy (non-hydrogen) atoms. The highest BCUT2D eigenvalue weighted by molar-refractivity contribution is 5.98. The Kier molecular flexibility index (Phi) is 7.31. The lowest BCUT2D eigenvalue weighted by Gasteiger charge is -2.27. The van der Waals surface area contributed by atoms with Crippen LogP contribution >= 0.6 is 0 Å². The Morgan fingerprint density at radius 1 is 0.955 bits per heavy atom. The molecule has 0 radical (unpaired) electrons. The third kappa shape index (κ3) is 5.66. The maximum atomic E-state index is 13.8. The lowest BCUT2D eigenvalue weighted by Crippen LogP contribution is -2.46. The summed E-state index contributed by atoms with van der Waals surface area (Å²) in [7, 11) is 0. The molecule has 0 spiro atoms. The van der Waals surface area contributed by atoms with Crippen molar-refractivity contribution in [1.82, 2.24) is 20.5 Å². The minimum absolute atomic E-state index is 0.0258. The van der Waals surface area contributed by atoms with Gasteiger partial charge in [0.1, 0.15) is 23.0 Å². The largest absolute Gasteiger partial charge is 0.459 e. The van der Waals surface area contributed by atoms with Crippen LogP contribution in [0, 0.1) is 11.7 Å². The van der Waals surface area contributed by atoms with E-state index in [0.29, 0.717) is 35.8 Å². The number of benzene rings is 3. The van der Waals surface area contributed by atoms with Crippen LogP contribution in [-0.2, 0) is 11.3 Å². The Morgan fingerprint density at radius 2 is 1.70 bits per heavy atom. The predicted octanol–water partition coefficient (Wildman–Crippen LogP) is 5.35. The maximum Gasteiger partial charge on any atom is 0.253 e. The number of hydrogen-bond donors (Lipinski definition) is 3. The van der Waals surface area contributed by atoms with Gasteiger partial charge in [-0.15, -0.1) is 0 Å². The van der Waals surface area contributed by atoms with Gasteiger partial charge >= 0.3 is 0 Å². The van der Waals surface area contributed by atoms with Crippen LogP contribution in [0.4, 0.5) is 10.2 Å². The molecule has 7 rings (SSSR count). The molecule has 1 saturated heterocycles. The first-order valence-corrected chi connectivity index (χ1v) is 14.8. The van der Waals surface area contributed by atoms with Crippen LogP contribution in [0.1, 0.15) is 34.0 Å². The van der Waals surface area contributed by atoms with Crippen LogP contribution in [0.5, 0.6) is 0 Å². The molecule has 2 amide bonds. The van der Waals surface area contributed by atoms with Crippen LogP contribution in [0.25, 0.3) is 33.2 Å². The van der Waals surface area contributed by atoms with Crippen molar-refractivity contribution in [3.05, 3.63) is 108 Å². The van der Waals surface area contributed by atoms with E-state index in [4.69, 9.17) is 10.2 Å². The zero-order valence-electron chi connectivity index (χ0n) is 24.1. The van der Waals surface area contributed by atoms with Crippen LogP contribution in [0.2, 0.25) is 0 Å². The fraction of sp³-hybridized carbons (Fsp3) is 0.229. The number of nitrogens with two attached hydrogens (primary N) is 1. The topological polar surface area (TPSA) is 113 Å². The highest BCUT2D eigenvalue weighted by atomic mass is 19.1. The highest BCUT2D eigenvalue weighted by Gasteiger charge is 2.44. The van der Waals surface area contributed by atoms with Crippen LogP contribution < -0.4 is 16.4 Å². The van der Waals surface area contributed by atoms with Crippen molar-refractivity contribution < 1.29 is 18.4 Å². The predicted molar refractivity (Wildman–Crippen MR) is 167 cm³/mol. The molecule has 2 aliphatic rings. The number of hydrogen-bond acceptors (Lipinski definition) is 6. The summed E-state index contributed by atoms with van der Waals surface area (Å²) in [5.74, 6) is 0.810. The third-order valence-electron chi connectivity index (χ3n) is 8.49. The van der Waals surface area contributed by atoms with E-state index in [1.54, 1.807) is 24.4 Å². The van der Waals surface area contributed by atoms with Gasteiger partial charge in [-0.2, -0.15) is 0 Å². The Morgan fingerprint density at radius 3 is 2.43 bits per heavy atom. The van der Waals surface area contributed by atoms with Crippen molar-refractivity contribution in [2.75, 3.05) is 31.9 Å². The van der Waals surface area contributed by atoms with E-state index in [-0.39, 0.29) is 36.0 Å². The number of fused-ring (bicyclic) bond motifs is 1. The summed E-state index contributed by atoms with van der Waals surface area (Å²) in [4.78, 5) is 31.9. The molecule has 5 aromatic rings. The van der Waals surface area contributed by atoms with Gasteiger partial charge < -0.3 is 25.7 Å². The molecule has 1 saturated carbocycles.